The third-order valence-corrected chi connectivity index (χ3v) is 4.27. The maximum absolute atomic E-state index is 6.00. The molecule has 1 aromatic heterocycles. The Morgan fingerprint density at radius 3 is 3.11 bits per heavy atom. The lowest BCUT2D eigenvalue weighted by molar-refractivity contribution is 0.0347. The van der Waals surface area contributed by atoms with Crippen molar-refractivity contribution >= 4 is 17.6 Å². The Hall–Kier alpha value is -2.16. The number of halogens is 1. The summed E-state index contributed by atoms with van der Waals surface area (Å²) in [5.41, 5.74) is 0.807. The molecular weight excluding hydrogens is 370 g/mol. The molecule has 0 aliphatic carbocycles. The van der Waals surface area contributed by atoms with Gasteiger partial charge in [0.05, 0.1) is 25.9 Å². The summed E-state index contributed by atoms with van der Waals surface area (Å²) in [6.07, 6.45) is 1.14. The van der Waals surface area contributed by atoms with E-state index in [1.165, 1.54) is 0 Å². The fourth-order valence-corrected chi connectivity index (χ4v) is 2.82. The van der Waals surface area contributed by atoms with Crippen molar-refractivity contribution in [1.29, 1.82) is 0 Å². The Labute approximate surface area is 163 Å². The molecule has 0 saturated carbocycles. The van der Waals surface area contributed by atoms with Gasteiger partial charge in [-0.25, -0.2) is 0 Å². The van der Waals surface area contributed by atoms with Crippen LogP contribution in [0.25, 0.3) is 11.4 Å². The highest BCUT2D eigenvalue weighted by Gasteiger charge is 2.17. The second-order valence-electron chi connectivity index (χ2n) is 6.31. The molecule has 2 heterocycles. The van der Waals surface area contributed by atoms with E-state index in [-0.39, 0.29) is 12.1 Å². The minimum absolute atomic E-state index is 0.0986. The molecule has 2 N–H and O–H groups in total. The maximum Gasteiger partial charge on any atom is 0.246 e. The van der Waals surface area contributed by atoms with E-state index in [2.05, 4.69) is 25.8 Å². The monoisotopic (exact) mass is 393 g/mol. The summed E-state index contributed by atoms with van der Waals surface area (Å²) >= 11 is 6.00. The van der Waals surface area contributed by atoms with Crippen molar-refractivity contribution in [3.8, 4) is 11.4 Å². The molecule has 1 aromatic carbocycles. The number of ether oxygens (including phenoxy) is 2. The normalized spacial score (nSPS) is 18.5. The van der Waals surface area contributed by atoms with E-state index in [1.54, 1.807) is 19.2 Å². The largest absolute Gasteiger partial charge is 0.379 e. The van der Waals surface area contributed by atoms with Gasteiger partial charge in [0.15, 0.2) is 5.96 Å². The third-order valence-electron chi connectivity index (χ3n) is 4.03. The summed E-state index contributed by atoms with van der Waals surface area (Å²) in [5.74, 6) is 1.59. The van der Waals surface area contributed by atoms with Crippen LogP contribution < -0.4 is 10.6 Å². The van der Waals surface area contributed by atoms with Crippen LogP contribution in [0.1, 0.15) is 19.2 Å². The van der Waals surface area contributed by atoms with E-state index >= 15 is 0 Å². The topological polar surface area (TPSA) is 93.8 Å². The molecule has 2 aromatic rings. The number of nitrogens with one attached hydrogen (secondary N) is 2. The summed E-state index contributed by atoms with van der Waals surface area (Å²) < 4.78 is 16.4. The highest BCUT2D eigenvalue weighted by molar-refractivity contribution is 6.30. The predicted molar refractivity (Wildman–Crippen MR) is 103 cm³/mol. The summed E-state index contributed by atoms with van der Waals surface area (Å²) in [6, 6.07) is 7.42. The molecule has 1 aliphatic heterocycles. The van der Waals surface area contributed by atoms with Crippen molar-refractivity contribution in [3.63, 3.8) is 0 Å². The first-order chi connectivity index (χ1) is 13.1. The Bertz CT molecular complexity index is 761. The molecule has 9 heteroatoms. The molecule has 146 valence electrons. The summed E-state index contributed by atoms with van der Waals surface area (Å²) in [4.78, 5) is 8.58. The molecule has 1 fully saturated rings. The van der Waals surface area contributed by atoms with Crippen LogP contribution >= 0.6 is 11.6 Å². The van der Waals surface area contributed by atoms with Crippen LogP contribution in [0.3, 0.4) is 0 Å². The molecule has 2 atom stereocenters. The zero-order valence-corrected chi connectivity index (χ0v) is 16.2. The number of benzene rings is 1. The average molecular weight is 394 g/mol. The SMILES string of the molecule is CN=C(NCc1nc(-c2cccc(Cl)c2)no1)NC(C)COC1CCOC1. The molecule has 0 radical (unpaired) electrons. The molecule has 27 heavy (non-hydrogen) atoms. The average Bonchev–Trinajstić information content (AvgIpc) is 3.35. The van der Waals surface area contributed by atoms with Crippen molar-refractivity contribution in [2.45, 2.75) is 32.0 Å². The number of guanidine groups is 1. The van der Waals surface area contributed by atoms with Crippen LogP contribution in [0, 0.1) is 0 Å². The van der Waals surface area contributed by atoms with E-state index in [0.29, 0.717) is 42.5 Å². The summed E-state index contributed by atoms with van der Waals surface area (Å²) in [7, 11) is 1.71. The van der Waals surface area contributed by atoms with Gasteiger partial charge in [0.1, 0.15) is 0 Å². The van der Waals surface area contributed by atoms with Gasteiger partial charge in [-0.3, -0.25) is 4.99 Å². The Morgan fingerprint density at radius 1 is 1.48 bits per heavy atom. The number of aliphatic imine (C=N–C) groups is 1. The van der Waals surface area contributed by atoms with E-state index in [0.717, 1.165) is 18.6 Å². The van der Waals surface area contributed by atoms with Gasteiger partial charge in [0.2, 0.25) is 11.7 Å². The highest BCUT2D eigenvalue weighted by atomic mass is 35.5. The first-order valence-corrected chi connectivity index (χ1v) is 9.27. The van der Waals surface area contributed by atoms with E-state index < -0.39 is 0 Å². The molecular formula is C18H24ClN5O3. The summed E-state index contributed by atoms with van der Waals surface area (Å²) in [6.45, 7) is 4.42. The lowest BCUT2D eigenvalue weighted by atomic mass is 10.2. The van der Waals surface area contributed by atoms with Crippen LogP contribution in [0.4, 0.5) is 0 Å². The van der Waals surface area contributed by atoms with E-state index in [4.69, 9.17) is 25.6 Å². The number of rotatable bonds is 7. The zero-order chi connectivity index (χ0) is 19.1. The van der Waals surface area contributed by atoms with Gasteiger partial charge in [0, 0.05) is 30.3 Å². The second kappa shape index (κ2) is 9.68. The zero-order valence-electron chi connectivity index (χ0n) is 15.4. The first kappa shape index (κ1) is 19.6. The number of aromatic nitrogens is 2. The van der Waals surface area contributed by atoms with Crippen molar-refractivity contribution in [2.24, 2.45) is 4.99 Å². The van der Waals surface area contributed by atoms with E-state index in [9.17, 15) is 0 Å². The number of hydrogen-bond acceptors (Lipinski definition) is 6. The Kier molecular flexibility index (Phi) is 7.03. The van der Waals surface area contributed by atoms with Crippen LogP contribution in [0.5, 0.6) is 0 Å². The smallest absolute Gasteiger partial charge is 0.246 e. The third kappa shape index (κ3) is 5.92. The molecule has 3 rings (SSSR count). The van der Waals surface area contributed by atoms with Gasteiger partial charge in [-0.1, -0.05) is 28.9 Å². The van der Waals surface area contributed by atoms with Gasteiger partial charge >= 0.3 is 0 Å². The standard InChI is InChI=1S/C18H24ClN5O3/c1-12(10-26-15-6-7-25-11-15)22-18(20-2)21-9-16-23-17(24-27-16)13-4-3-5-14(19)8-13/h3-5,8,12,15H,6-7,9-11H2,1-2H3,(H2,20,21,22). The van der Waals surface area contributed by atoms with Crippen molar-refractivity contribution in [2.75, 3.05) is 26.9 Å². The molecule has 0 amide bonds. The molecule has 1 saturated heterocycles. The number of nitrogens with zero attached hydrogens (tertiary/aromatic N) is 3. The van der Waals surface area contributed by atoms with Crippen molar-refractivity contribution in [1.82, 2.24) is 20.8 Å². The summed E-state index contributed by atoms with van der Waals surface area (Å²) in [5, 5.41) is 11.0. The maximum atomic E-state index is 6.00. The predicted octanol–water partition coefficient (Wildman–Crippen LogP) is 2.25. The fraction of sp³-hybridized carbons (Fsp3) is 0.500. The van der Waals surface area contributed by atoms with Crippen LogP contribution in [-0.4, -0.2) is 55.1 Å². The minimum Gasteiger partial charge on any atom is -0.379 e. The van der Waals surface area contributed by atoms with Crippen LogP contribution in [-0.2, 0) is 16.0 Å². The lowest BCUT2D eigenvalue weighted by Crippen LogP contribution is -2.44. The van der Waals surface area contributed by atoms with Gasteiger partial charge < -0.3 is 24.6 Å². The second-order valence-corrected chi connectivity index (χ2v) is 6.75. The Balaban J connectivity index is 1.46. The first-order valence-electron chi connectivity index (χ1n) is 8.89. The van der Waals surface area contributed by atoms with Gasteiger partial charge in [-0.15, -0.1) is 0 Å². The van der Waals surface area contributed by atoms with Crippen LogP contribution in [0.2, 0.25) is 5.02 Å². The van der Waals surface area contributed by atoms with Gasteiger partial charge in [0.25, 0.3) is 0 Å². The number of hydrogen-bond donors (Lipinski definition) is 2. The molecule has 1 aliphatic rings. The molecule has 0 bridgehead atoms. The van der Waals surface area contributed by atoms with Crippen molar-refractivity contribution in [3.05, 3.63) is 35.2 Å². The Morgan fingerprint density at radius 2 is 2.37 bits per heavy atom. The quantitative estimate of drug-likeness (QED) is 0.550. The fourth-order valence-electron chi connectivity index (χ4n) is 2.63. The molecule has 0 spiro atoms. The van der Waals surface area contributed by atoms with Crippen molar-refractivity contribution < 1.29 is 14.0 Å². The van der Waals surface area contributed by atoms with Crippen LogP contribution in [0.15, 0.2) is 33.8 Å². The minimum atomic E-state index is 0.0986. The highest BCUT2D eigenvalue weighted by Crippen LogP contribution is 2.19. The molecule has 8 nitrogen and oxygen atoms in total. The molecule has 2 unspecified atom stereocenters. The van der Waals surface area contributed by atoms with Gasteiger partial charge in [-0.05, 0) is 25.5 Å². The van der Waals surface area contributed by atoms with E-state index in [1.807, 2.05) is 19.1 Å². The lowest BCUT2D eigenvalue weighted by Gasteiger charge is -2.19. The van der Waals surface area contributed by atoms with Gasteiger partial charge in [-0.2, -0.15) is 4.98 Å².